The van der Waals surface area contributed by atoms with Crippen molar-refractivity contribution in [2.24, 2.45) is 0 Å². The van der Waals surface area contributed by atoms with Gasteiger partial charge in [-0.15, -0.1) is 34.0 Å². The van der Waals surface area contributed by atoms with Gasteiger partial charge in [0.25, 0.3) is 0 Å². The molecule has 0 spiro atoms. The lowest BCUT2D eigenvalue weighted by atomic mass is 9.98. The largest absolute Gasteiger partial charge is 0.462 e. The minimum Gasteiger partial charge on any atom is -0.462 e. The van der Waals surface area contributed by atoms with Crippen molar-refractivity contribution in [3.8, 4) is 31.3 Å². The van der Waals surface area contributed by atoms with Crippen LogP contribution in [-0.2, 0) is 14.2 Å². The molecular weight excluding hydrogens is 516 g/mol. The van der Waals surface area contributed by atoms with Crippen molar-refractivity contribution in [3.63, 3.8) is 0 Å². The maximum atomic E-state index is 12.6. The van der Waals surface area contributed by atoms with Crippen molar-refractivity contribution in [1.29, 1.82) is 0 Å². The fourth-order valence-corrected chi connectivity index (χ4v) is 6.35. The molecule has 36 heavy (non-hydrogen) atoms. The van der Waals surface area contributed by atoms with Gasteiger partial charge in [-0.3, -0.25) is 0 Å². The Morgan fingerprint density at radius 1 is 0.556 bits per heavy atom. The zero-order valence-electron chi connectivity index (χ0n) is 20.0. The molecule has 0 radical (unpaired) electrons. The van der Waals surface area contributed by atoms with Gasteiger partial charge in [0.05, 0.1) is 36.5 Å². The molecule has 6 nitrogen and oxygen atoms in total. The summed E-state index contributed by atoms with van der Waals surface area (Å²) in [6, 6.07) is 11.1. The highest BCUT2D eigenvalue weighted by atomic mass is 32.1. The smallest absolute Gasteiger partial charge is 0.339 e. The first kappa shape index (κ1) is 25.8. The van der Waals surface area contributed by atoms with Crippen LogP contribution in [0.4, 0.5) is 0 Å². The van der Waals surface area contributed by atoms with Gasteiger partial charge >= 0.3 is 17.9 Å². The lowest BCUT2D eigenvalue weighted by Crippen LogP contribution is -2.05. The summed E-state index contributed by atoms with van der Waals surface area (Å²) in [5, 5.41) is 5.54. The molecule has 0 unspecified atom stereocenters. The Morgan fingerprint density at radius 3 is 1.08 bits per heavy atom. The van der Waals surface area contributed by atoms with Crippen molar-refractivity contribution >= 4 is 51.9 Å². The first-order valence-electron chi connectivity index (χ1n) is 11.4. The third-order valence-corrected chi connectivity index (χ3v) is 8.09. The first-order valence-corrected chi connectivity index (χ1v) is 14.0. The molecule has 0 fully saturated rings. The molecular formula is C27H24O6S3. The van der Waals surface area contributed by atoms with E-state index in [4.69, 9.17) is 14.2 Å². The number of carbonyl (C=O) groups is 3. The highest BCUT2D eigenvalue weighted by Crippen LogP contribution is 2.41. The second kappa shape index (κ2) is 11.6. The molecule has 9 heteroatoms. The maximum Gasteiger partial charge on any atom is 0.339 e. The fourth-order valence-electron chi connectivity index (χ4n) is 3.73. The van der Waals surface area contributed by atoms with E-state index in [-0.39, 0.29) is 19.8 Å². The lowest BCUT2D eigenvalue weighted by Gasteiger charge is -2.12. The van der Waals surface area contributed by atoms with Gasteiger partial charge in [-0.1, -0.05) is 0 Å². The van der Waals surface area contributed by atoms with Gasteiger partial charge in [0.15, 0.2) is 0 Å². The van der Waals surface area contributed by atoms with Crippen LogP contribution in [0.25, 0.3) is 31.3 Å². The van der Waals surface area contributed by atoms with Crippen LogP contribution < -0.4 is 0 Å². The maximum absolute atomic E-state index is 12.6. The minimum absolute atomic E-state index is 0.273. The molecule has 3 heterocycles. The Balaban J connectivity index is 1.91. The molecule has 3 aromatic heterocycles. The quantitative estimate of drug-likeness (QED) is 0.163. The number of esters is 3. The van der Waals surface area contributed by atoms with E-state index < -0.39 is 17.9 Å². The summed E-state index contributed by atoms with van der Waals surface area (Å²) < 4.78 is 15.8. The van der Waals surface area contributed by atoms with Crippen molar-refractivity contribution in [2.45, 2.75) is 20.8 Å². The van der Waals surface area contributed by atoms with Crippen LogP contribution in [-0.4, -0.2) is 37.7 Å². The summed E-state index contributed by atoms with van der Waals surface area (Å²) in [7, 11) is 0. The number of carbonyl (C=O) groups excluding carboxylic acids is 3. The molecule has 0 amide bonds. The fraction of sp³-hybridized carbons (Fsp3) is 0.222. The molecule has 0 saturated heterocycles. The van der Waals surface area contributed by atoms with E-state index in [1.54, 1.807) is 39.0 Å². The van der Waals surface area contributed by atoms with E-state index in [0.29, 0.717) is 16.7 Å². The Labute approximate surface area is 221 Å². The van der Waals surface area contributed by atoms with Gasteiger partial charge < -0.3 is 14.2 Å². The lowest BCUT2D eigenvalue weighted by molar-refractivity contribution is 0.0518. The number of hydrogen-bond donors (Lipinski definition) is 0. The second-order valence-corrected chi connectivity index (χ2v) is 10.2. The molecule has 1 aromatic carbocycles. The van der Waals surface area contributed by atoms with E-state index in [9.17, 15) is 14.4 Å². The van der Waals surface area contributed by atoms with Gasteiger partial charge in [0, 0.05) is 14.6 Å². The summed E-state index contributed by atoms with van der Waals surface area (Å²) in [5.41, 5.74) is 3.77. The summed E-state index contributed by atoms with van der Waals surface area (Å²) in [5.74, 6) is -1.19. The average molecular weight is 541 g/mol. The zero-order chi connectivity index (χ0) is 25.7. The van der Waals surface area contributed by atoms with Crippen LogP contribution in [0.2, 0.25) is 0 Å². The Morgan fingerprint density at radius 2 is 0.833 bits per heavy atom. The van der Waals surface area contributed by atoms with Crippen molar-refractivity contribution in [3.05, 3.63) is 69.2 Å². The zero-order valence-corrected chi connectivity index (χ0v) is 22.4. The number of rotatable bonds is 9. The van der Waals surface area contributed by atoms with E-state index in [0.717, 1.165) is 31.3 Å². The van der Waals surface area contributed by atoms with Crippen LogP contribution >= 0.6 is 34.0 Å². The number of hydrogen-bond acceptors (Lipinski definition) is 9. The van der Waals surface area contributed by atoms with Gasteiger partial charge in [0.2, 0.25) is 0 Å². The first-order chi connectivity index (χ1) is 17.5. The normalized spacial score (nSPS) is 10.8. The Kier molecular flexibility index (Phi) is 8.35. The Hall–Kier alpha value is -3.27. The SMILES string of the molecule is CCOC(=O)c1ccsc1-c1cc(-c2sccc2C(=O)OCC)cc(-c2sccc2C(=O)OCC)c1. The second-order valence-electron chi connectivity index (χ2n) is 7.45. The molecule has 0 saturated carbocycles. The summed E-state index contributed by atoms with van der Waals surface area (Å²) in [6.45, 7) is 6.12. The van der Waals surface area contributed by atoms with Crippen molar-refractivity contribution < 1.29 is 28.6 Å². The van der Waals surface area contributed by atoms with E-state index in [2.05, 4.69) is 0 Å². The molecule has 0 N–H and O–H groups in total. The molecule has 0 bridgehead atoms. The van der Waals surface area contributed by atoms with E-state index in [1.807, 2.05) is 34.3 Å². The van der Waals surface area contributed by atoms with Crippen LogP contribution in [0.1, 0.15) is 51.8 Å². The van der Waals surface area contributed by atoms with Crippen molar-refractivity contribution in [2.75, 3.05) is 19.8 Å². The number of thiophene rings is 3. The topological polar surface area (TPSA) is 78.9 Å². The van der Waals surface area contributed by atoms with E-state index >= 15 is 0 Å². The van der Waals surface area contributed by atoms with Gasteiger partial charge in [-0.2, -0.15) is 0 Å². The highest BCUT2D eigenvalue weighted by Gasteiger charge is 2.22. The monoisotopic (exact) mass is 540 g/mol. The van der Waals surface area contributed by atoms with Crippen LogP contribution in [0.5, 0.6) is 0 Å². The van der Waals surface area contributed by atoms with Crippen LogP contribution in [0.3, 0.4) is 0 Å². The number of ether oxygens (including phenoxy) is 3. The van der Waals surface area contributed by atoms with Gasteiger partial charge in [-0.25, -0.2) is 14.4 Å². The summed E-state index contributed by atoms with van der Waals surface area (Å²) >= 11 is 4.29. The third kappa shape index (κ3) is 5.28. The third-order valence-electron chi connectivity index (χ3n) is 5.20. The molecule has 0 aliphatic carbocycles. The van der Waals surface area contributed by atoms with Gasteiger partial charge in [0.1, 0.15) is 0 Å². The van der Waals surface area contributed by atoms with Crippen molar-refractivity contribution in [1.82, 2.24) is 0 Å². The molecule has 4 rings (SSSR count). The predicted molar refractivity (Wildman–Crippen MR) is 144 cm³/mol. The van der Waals surface area contributed by atoms with E-state index in [1.165, 1.54) is 34.0 Å². The minimum atomic E-state index is -0.396. The average Bonchev–Trinajstić information content (AvgIpc) is 3.64. The van der Waals surface area contributed by atoms with Gasteiger partial charge in [-0.05, 0) is 90.0 Å². The molecule has 186 valence electrons. The predicted octanol–water partition coefficient (Wildman–Crippen LogP) is 7.40. The molecule has 4 aromatic rings. The van der Waals surface area contributed by atoms with Crippen LogP contribution in [0.15, 0.2) is 52.5 Å². The molecule has 0 atom stereocenters. The Bertz CT molecular complexity index is 1210. The summed E-state index contributed by atoms with van der Waals surface area (Å²) in [4.78, 5) is 40.1. The van der Waals surface area contributed by atoms with Crippen LogP contribution in [0, 0.1) is 0 Å². The summed E-state index contributed by atoms with van der Waals surface area (Å²) in [6.07, 6.45) is 0. The standard InChI is InChI=1S/C27H24O6S3/c1-4-31-25(28)19-7-10-34-22(19)16-13-17(23-20(8-11-35-23)26(29)32-5-2)15-18(14-16)24-21(9-12-36-24)27(30)33-6-3/h7-15H,4-6H2,1-3H3. The molecule has 0 aliphatic heterocycles. The number of benzene rings is 1. The highest BCUT2D eigenvalue weighted by molar-refractivity contribution is 7.15. The molecule has 0 aliphatic rings.